The molecule has 1 aromatic rings. The molecule has 0 aliphatic carbocycles. The Morgan fingerprint density at radius 2 is 1.88 bits per heavy atom. The van der Waals surface area contributed by atoms with Crippen molar-refractivity contribution in [3.05, 3.63) is 58.2 Å². The fourth-order valence-electron chi connectivity index (χ4n) is 2.13. The van der Waals surface area contributed by atoms with Crippen molar-refractivity contribution in [3.8, 4) is 5.75 Å². The van der Waals surface area contributed by atoms with E-state index in [1.807, 2.05) is 0 Å². The van der Waals surface area contributed by atoms with Gasteiger partial charge in [0.15, 0.2) is 0 Å². The van der Waals surface area contributed by atoms with Gasteiger partial charge < -0.3 is 9.64 Å². The summed E-state index contributed by atoms with van der Waals surface area (Å²) in [5.41, 5.74) is -0.421. The second kappa shape index (κ2) is 9.16. The predicted octanol–water partition coefficient (Wildman–Crippen LogP) is 4.88. The molecule has 0 fully saturated rings. The van der Waals surface area contributed by atoms with Gasteiger partial charge in [0.05, 0.1) is 24.8 Å². The largest absolute Gasteiger partial charge is 0.494 e. The van der Waals surface area contributed by atoms with Crippen LogP contribution in [-0.2, 0) is 32.7 Å². The third-order valence-electron chi connectivity index (χ3n) is 3.09. The number of ether oxygens (including phenoxy) is 1. The van der Waals surface area contributed by atoms with Gasteiger partial charge in [-0.2, -0.15) is 12.2 Å². The summed E-state index contributed by atoms with van der Waals surface area (Å²) in [7, 11) is 0. The molecular weight excluding hydrogens is 467 g/mol. The summed E-state index contributed by atoms with van der Waals surface area (Å²) in [5, 5.41) is 0. The summed E-state index contributed by atoms with van der Waals surface area (Å²) in [6.45, 7) is 4.83. The van der Waals surface area contributed by atoms with Crippen molar-refractivity contribution in [2.45, 2.75) is 13.3 Å². The van der Waals surface area contributed by atoms with E-state index in [-0.39, 0.29) is 56.5 Å². The fourth-order valence-corrected chi connectivity index (χ4v) is 2.46. The van der Waals surface area contributed by atoms with E-state index in [2.05, 4.69) is 28.6 Å². The van der Waals surface area contributed by atoms with Gasteiger partial charge in [0, 0.05) is 44.8 Å². The first-order valence-corrected chi connectivity index (χ1v) is 7.50. The second-order valence-corrected chi connectivity index (χ2v) is 5.48. The Labute approximate surface area is 171 Å². The van der Waals surface area contributed by atoms with E-state index >= 15 is 0 Å². The number of hydrogen-bond donors (Lipinski definition) is 0. The van der Waals surface area contributed by atoms with Gasteiger partial charge in [-0.05, 0) is 18.2 Å². The van der Waals surface area contributed by atoms with Gasteiger partial charge in [-0.15, -0.1) is 15.9 Å². The van der Waals surface area contributed by atoms with Crippen LogP contribution in [0.3, 0.4) is 0 Å². The van der Waals surface area contributed by atoms with Crippen LogP contribution in [0.5, 0.6) is 5.75 Å². The molecule has 127 valence electrons. The summed E-state index contributed by atoms with van der Waals surface area (Å²) < 4.78 is 59.7. The van der Waals surface area contributed by atoms with Crippen LogP contribution in [0.1, 0.15) is 12.5 Å². The van der Waals surface area contributed by atoms with Crippen LogP contribution >= 0.6 is 15.9 Å². The predicted molar refractivity (Wildman–Crippen MR) is 83.0 cm³/mol. The third kappa shape index (κ3) is 4.70. The van der Waals surface area contributed by atoms with Gasteiger partial charge >= 0.3 is 0 Å². The molecule has 0 saturated carbocycles. The van der Waals surface area contributed by atoms with Crippen LogP contribution in [0.2, 0.25) is 0 Å². The molecule has 1 aliphatic rings. The Hall–Kier alpha value is -0.656. The summed E-state index contributed by atoms with van der Waals surface area (Å²) in [6, 6.07) is 2.01. The average Bonchev–Trinajstić information content (AvgIpc) is 2.45. The molecule has 8 heteroatoms. The SMILES string of the molecule is C=C1C(Br)=C[C-]=C(c2c(F)cc(OCC)cc2F)N1CC(F)F.[Y]. The van der Waals surface area contributed by atoms with E-state index in [1.54, 1.807) is 6.92 Å². The van der Waals surface area contributed by atoms with Crippen LogP contribution in [-0.4, -0.2) is 24.5 Å². The number of halogens is 5. The quantitative estimate of drug-likeness (QED) is 0.441. The Balaban J connectivity index is 0.00000288. The zero-order chi connectivity index (χ0) is 17.1. The average molecular weight is 480 g/mol. The van der Waals surface area contributed by atoms with E-state index in [4.69, 9.17) is 4.74 Å². The van der Waals surface area contributed by atoms with E-state index < -0.39 is 30.2 Å². The van der Waals surface area contributed by atoms with Crippen LogP contribution in [0.25, 0.3) is 5.70 Å². The molecule has 0 bridgehead atoms. The molecule has 0 N–H and O–H groups in total. The molecule has 0 aromatic heterocycles. The molecule has 1 radical (unpaired) electrons. The van der Waals surface area contributed by atoms with Gasteiger partial charge in [0.2, 0.25) is 0 Å². The van der Waals surface area contributed by atoms with Crippen molar-refractivity contribution >= 4 is 21.6 Å². The molecule has 0 atom stereocenters. The van der Waals surface area contributed by atoms with E-state index in [0.717, 1.165) is 17.0 Å². The molecule has 0 amide bonds. The summed E-state index contributed by atoms with van der Waals surface area (Å²) in [6.07, 6.45) is 1.29. The van der Waals surface area contributed by atoms with E-state index in [0.29, 0.717) is 4.48 Å². The minimum absolute atomic E-state index is 0. The van der Waals surface area contributed by atoms with Crippen molar-refractivity contribution in [3.63, 3.8) is 0 Å². The van der Waals surface area contributed by atoms with Crippen LogP contribution < -0.4 is 4.74 Å². The van der Waals surface area contributed by atoms with Crippen LogP contribution in [0.4, 0.5) is 17.6 Å². The molecule has 1 heterocycles. The van der Waals surface area contributed by atoms with Crippen molar-refractivity contribution in [2.75, 3.05) is 13.2 Å². The van der Waals surface area contributed by atoms with Crippen molar-refractivity contribution in [2.24, 2.45) is 0 Å². The first-order chi connectivity index (χ1) is 10.8. The van der Waals surface area contributed by atoms with Crippen molar-refractivity contribution in [1.82, 2.24) is 4.90 Å². The number of nitrogens with zero attached hydrogens (tertiary/aromatic N) is 1. The van der Waals surface area contributed by atoms with E-state index in [9.17, 15) is 17.6 Å². The third-order valence-corrected chi connectivity index (χ3v) is 3.78. The zero-order valence-corrected chi connectivity index (χ0v) is 17.2. The number of alkyl halides is 2. The smallest absolute Gasteiger partial charge is 0.256 e. The molecular formula is C16H13BrF4NOY-. The maximum atomic E-state index is 14.3. The van der Waals surface area contributed by atoms with Gasteiger partial charge in [0.25, 0.3) is 6.43 Å². The molecule has 1 aromatic carbocycles. The Morgan fingerprint density at radius 3 is 2.38 bits per heavy atom. The maximum absolute atomic E-state index is 14.3. The molecule has 2 rings (SSSR count). The van der Waals surface area contributed by atoms with Crippen LogP contribution in [0, 0.1) is 17.7 Å². The first kappa shape index (κ1) is 21.4. The minimum atomic E-state index is -2.71. The van der Waals surface area contributed by atoms with Gasteiger partial charge in [-0.1, -0.05) is 16.8 Å². The second-order valence-electron chi connectivity index (χ2n) is 4.63. The fraction of sp³-hybridized carbons (Fsp3) is 0.250. The number of benzene rings is 1. The molecule has 2 nitrogen and oxygen atoms in total. The van der Waals surface area contributed by atoms with Gasteiger partial charge in [0.1, 0.15) is 5.75 Å². The number of hydrogen-bond acceptors (Lipinski definition) is 2. The maximum Gasteiger partial charge on any atom is 0.256 e. The Bertz CT molecular complexity index is 668. The topological polar surface area (TPSA) is 12.5 Å². The summed E-state index contributed by atoms with van der Waals surface area (Å²) in [4.78, 5) is 1.02. The molecule has 24 heavy (non-hydrogen) atoms. The first-order valence-electron chi connectivity index (χ1n) is 6.71. The minimum Gasteiger partial charge on any atom is -0.494 e. The zero-order valence-electron chi connectivity index (χ0n) is 12.8. The monoisotopic (exact) mass is 479 g/mol. The Kier molecular flexibility index (Phi) is 8.16. The van der Waals surface area contributed by atoms with Crippen molar-refractivity contribution < 1.29 is 55.0 Å². The summed E-state index contributed by atoms with van der Waals surface area (Å²) >= 11 is 3.14. The number of allylic oxidation sites excluding steroid dienone is 3. The molecule has 0 unspecified atom stereocenters. The Morgan fingerprint density at radius 1 is 1.29 bits per heavy atom. The molecule has 0 spiro atoms. The molecule has 1 aliphatic heterocycles. The summed E-state index contributed by atoms with van der Waals surface area (Å²) in [5.74, 6) is -1.82. The number of rotatable bonds is 5. The normalized spacial score (nSPS) is 14.3. The van der Waals surface area contributed by atoms with E-state index in [1.165, 1.54) is 6.08 Å². The standard InChI is InChI=1S/C16H13BrF4NO.Y/c1-3-23-10-6-12(18)16(13(19)7-10)14-5-4-11(17)9(2)22(14)8-15(20)21;/h4,6-7,15H,2-3,8H2,1H3;/q-1;. The van der Waals surface area contributed by atoms with Crippen molar-refractivity contribution in [1.29, 1.82) is 0 Å². The molecule has 0 saturated heterocycles. The van der Waals surface area contributed by atoms with Crippen LogP contribution in [0.15, 0.2) is 35.0 Å². The van der Waals surface area contributed by atoms with Gasteiger partial charge in [-0.3, -0.25) is 0 Å². The van der Waals surface area contributed by atoms with Gasteiger partial charge in [-0.25, -0.2) is 17.6 Å².